The molecule has 1 aliphatic rings. The zero-order valence-corrected chi connectivity index (χ0v) is 17.1. The summed E-state index contributed by atoms with van der Waals surface area (Å²) in [6.07, 6.45) is 5.40. The fourth-order valence-electron chi connectivity index (χ4n) is 3.85. The molecule has 1 N–H and O–H groups in total. The van der Waals surface area contributed by atoms with Crippen LogP contribution in [0.2, 0.25) is 0 Å². The number of rotatable bonds is 7. The zero-order valence-electron chi connectivity index (χ0n) is 17.1. The number of benzene rings is 1. The van der Waals surface area contributed by atoms with Crippen LogP contribution in [-0.2, 0) is 6.42 Å². The number of methoxy groups -OCH3 is 1. The SMILES string of the molecule is CCC1CCCCN1c1cc(C(=O)NCCc2ccccc2OC)nc(C)n1. The number of aromatic nitrogens is 2. The third kappa shape index (κ3) is 4.80. The number of aryl methyl sites for hydroxylation is 1. The Hall–Kier alpha value is -2.63. The van der Waals surface area contributed by atoms with Crippen LogP contribution in [0, 0.1) is 6.92 Å². The largest absolute Gasteiger partial charge is 0.496 e. The summed E-state index contributed by atoms with van der Waals surface area (Å²) in [6, 6.07) is 10.2. The lowest BCUT2D eigenvalue weighted by Gasteiger charge is -2.36. The number of ether oxygens (including phenoxy) is 1. The number of carbonyl (C=O) groups is 1. The van der Waals surface area contributed by atoms with Crippen molar-refractivity contribution in [2.75, 3.05) is 25.1 Å². The molecule has 3 rings (SSSR count). The van der Waals surface area contributed by atoms with E-state index in [-0.39, 0.29) is 5.91 Å². The van der Waals surface area contributed by atoms with Gasteiger partial charge in [-0.2, -0.15) is 0 Å². The van der Waals surface area contributed by atoms with Gasteiger partial charge in [-0.15, -0.1) is 0 Å². The fourth-order valence-corrected chi connectivity index (χ4v) is 3.85. The molecule has 6 heteroatoms. The van der Waals surface area contributed by atoms with Gasteiger partial charge >= 0.3 is 0 Å². The number of hydrogen-bond donors (Lipinski definition) is 1. The first-order valence-corrected chi connectivity index (χ1v) is 10.1. The molecule has 2 heterocycles. The molecule has 0 spiro atoms. The van der Waals surface area contributed by atoms with Crippen LogP contribution >= 0.6 is 0 Å². The first kappa shape index (κ1) is 20.1. The molecule has 0 bridgehead atoms. The van der Waals surface area contributed by atoms with Crippen molar-refractivity contribution < 1.29 is 9.53 Å². The van der Waals surface area contributed by atoms with E-state index in [1.165, 1.54) is 19.3 Å². The Morgan fingerprint density at radius 2 is 2.11 bits per heavy atom. The molecule has 1 fully saturated rings. The van der Waals surface area contributed by atoms with Crippen LogP contribution in [0.4, 0.5) is 5.82 Å². The predicted molar refractivity (Wildman–Crippen MR) is 111 cm³/mol. The first-order chi connectivity index (χ1) is 13.6. The number of hydrogen-bond acceptors (Lipinski definition) is 5. The van der Waals surface area contributed by atoms with Crippen molar-refractivity contribution in [3.8, 4) is 5.75 Å². The van der Waals surface area contributed by atoms with Crippen molar-refractivity contribution in [2.45, 2.75) is 52.0 Å². The smallest absolute Gasteiger partial charge is 0.270 e. The molecule has 1 aromatic heterocycles. The summed E-state index contributed by atoms with van der Waals surface area (Å²) in [6.45, 7) is 5.57. The minimum absolute atomic E-state index is 0.160. The van der Waals surface area contributed by atoms with Gasteiger partial charge in [0.2, 0.25) is 0 Å². The predicted octanol–water partition coefficient (Wildman–Crippen LogP) is 3.54. The molecule has 28 heavy (non-hydrogen) atoms. The van der Waals surface area contributed by atoms with Gasteiger partial charge in [-0.25, -0.2) is 9.97 Å². The van der Waals surface area contributed by atoms with E-state index in [1.807, 2.05) is 37.3 Å². The molecular weight excluding hydrogens is 352 g/mol. The van der Waals surface area contributed by atoms with Gasteiger partial charge in [0.1, 0.15) is 23.1 Å². The molecule has 0 saturated carbocycles. The second-order valence-electron chi connectivity index (χ2n) is 7.23. The van der Waals surface area contributed by atoms with Crippen LogP contribution in [0.15, 0.2) is 30.3 Å². The number of anilines is 1. The highest BCUT2D eigenvalue weighted by Crippen LogP contribution is 2.25. The number of nitrogens with zero attached hydrogens (tertiary/aromatic N) is 3. The van der Waals surface area contributed by atoms with Gasteiger partial charge < -0.3 is 15.0 Å². The highest BCUT2D eigenvalue weighted by molar-refractivity contribution is 5.93. The van der Waals surface area contributed by atoms with Gasteiger partial charge in [-0.3, -0.25) is 4.79 Å². The number of para-hydroxylation sites is 1. The van der Waals surface area contributed by atoms with Crippen LogP contribution in [0.25, 0.3) is 0 Å². The van der Waals surface area contributed by atoms with E-state index in [0.717, 1.165) is 30.1 Å². The third-order valence-corrected chi connectivity index (χ3v) is 5.32. The Labute approximate surface area is 167 Å². The van der Waals surface area contributed by atoms with Crippen LogP contribution in [0.1, 0.15) is 54.5 Å². The normalized spacial score (nSPS) is 16.7. The standard InChI is InChI=1S/C22H30N4O2/c1-4-18-10-7-8-14-26(18)21-15-19(24-16(2)25-21)22(27)23-13-12-17-9-5-6-11-20(17)28-3/h5-6,9,11,15,18H,4,7-8,10,12-14H2,1-3H3,(H,23,27). The highest BCUT2D eigenvalue weighted by Gasteiger charge is 2.23. The third-order valence-electron chi connectivity index (χ3n) is 5.32. The van der Waals surface area contributed by atoms with E-state index in [4.69, 9.17) is 4.74 Å². The molecule has 1 atom stereocenters. The van der Waals surface area contributed by atoms with E-state index in [9.17, 15) is 4.79 Å². The van der Waals surface area contributed by atoms with Crippen molar-refractivity contribution in [2.24, 2.45) is 0 Å². The number of amides is 1. The topological polar surface area (TPSA) is 67.4 Å². The zero-order chi connectivity index (χ0) is 19.9. The minimum atomic E-state index is -0.160. The van der Waals surface area contributed by atoms with Crippen molar-refractivity contribution in [3.63, 3.8) is 0 Å². The maximum Gasteiger partial charge on any atom is 0.270 e. The first-order valence-electron chi connectivity index (χ1n) is 10.1. The average Bonchev–Trinajstić information content (AvgIpc) is 2.73. The molecule has 1 saturated heterocycles. The molecule has 1 amide bonds. The Bertz CT molecular complexity index is 809. The van der Waals surface area contributed by atoms with E-state index in [2.05, 4.69) is 27.1 Å². The molecular formula is C22H30N4O2. The summed E-state index contributed by atoms with van der Waals surface area (Å²) < 4.78 is 5.37. The molecule has 2 aromatic rings. The van der Waals surface area contributed by atoms with E-state index >= 15 is 0 Å². The number of carbonyl (C=O) groups excluding carboxylic acids is 1. The number of nitrogens with one attached hydrogen (secondary N) is 1. The Morgan fingerprint density at radius 3 is 2.89 bits per heavy atom. The van der Waals surface area contributed by atoms with Gasteiger partial charge in [0.15, 0.2) is 0 Å². The second kappa shape index (κ2) is 9.53. The lowest BCUT2D eigenvalue weighted by Crippen LogP contribution is -2.40. The molecule has 0 aliphatic carbocycles. The molecule has 0 radical (unpaired) electrons. The summed E-state index contributed by atoms with van der Waals surface area (Å²) in [5.74, 6) is 2.18. The monoisotopic (exact) mass is 382 g/mol. The summed E-state index contributed by atoms with van der Waals surface area (Å²) in [4.78, 5) is 24.0. The van der Waals surface area contributed by atoms with E-state index in [1.54, 1.807) is 7.11 Å². The molecule has 150 valence electrons. The van der Waals surface area contributed by atoms with Gasteiger partial charge in [0.25, 0.3) is 5.91 Å². The second-order valence-corrected chi connectivity index (χ2v) is 7.23. The van der Waals surface area contributed by atoms with E-state index < -0.39 is 0 Å². The van der Waals surface area contributed by atoms with Crippen LogP contribution in [-0.4, -0.2) is 42.1 Å². The lowest BCUT2D eigenvalue weighted by atomic mass is 10.00. The quantitative estimate of drug-likeness (QED) is 0.793. The summed E-state index contributed by atoms with van der Waals surface area (Å²) >= 11 is 0. The molecule has 1 aromatic carbocycles. The summed E-state index contributed by atoms with van der Waals surface area (Å²) in [5.41, 5.74) is 1.51. The number of piperidine rings is 1. The van der Waals surface area contributed by atoms with Gasteiger partial charge in [0.05, 0.1) is 7.11 Å². The highest BCUT2D eigenvalue weighted by atomic mass is 16.5. The lowest BCUT2D eigenvalue weighted by molar-refractivity contribution is 0.0948. The van der Waals surface area contributed by atoms with E-state index in [0.29, 0.717) is 30.5 Å². The van der Waals surface area contributed by atoms with Gasteiger partial charge in [0, 0.05) is 25.2 Å². The average molecular weight is 383 g/mol. The minimum Gasteiger partial charge on any atom is -0.496 e. The Kier molecular flexibility index (Phi) is 6.85. The summed E-state index contributed by atoms with van der Waals surface area (Å²) in [7, 11) is 1.66. The van der Waals surface area contributed by atoms with Gasteiger partial charge in [-0.1, -0.05) is 25.1 Å². The van der Waals surface area contributed by atoms with Gasteiger partial charge in [-0.05, 0) is 50.7 Å². The van der Waals surface area contributed by atoms with Crippen molar-refractivity contribution in [3.05, 3.63) is 47.4 Å². The van der Waals surface area contributed by atoms with Crippen molar-refractivity contribution >= 4 is 11.7 Å². The fraction of sp³-hybridized carbons (Fsp3) is 0.500. The van der Waals surface area contributed by atoms with Crippen LogP contribution < -0.4 is 15.0 Å². The summed E-state index contributed by atoms with van der Waals surface area (Å²) in [5, 5.41) is 2.98. The molecule has 1 unspecified atom stereocenters. The molecule has 6 nitrogen and oxygen atoms in total. The Morgan fingerprint density at radius 1 is 1.29 bits per heavy atom. The Balaban J connectivity index is 1.67. The van der Waals surface area contributed by atoms with Crippen molar-refractivity contribution in [1.82, 2.24) is 15.3 Å². The van der Waals surface area contributed by atoms with Crippen molar-refractivity contribution in [1.29, 1.82) is 0 Å². The maximum absolute atomic E-state index is 12.7. The maximum atomic E-state index is 12.7. The van der Waals surface area contributed by atoms with Crippen LogP contribution in [0.3, 0.4) is 0 Å². The molecule has 1 aliphatic heterocycles. The van der Waals surface area contributed by atoms with Crippen LogP contribution in [0.5, 0.6) is 5.75 Å².